The number of carbonyl (C=O) groups excluding carboxylic acids is 3. The Morgan fingerprint density at radius 3 is 2.17 bits per heavy atom. The average Bonchev–Trinajstić information content (AvgIpc) is 3.29. The molecule has 0 N–H and O–H groups in total. The Balaban J connectivity index is 1.42. The topological polar surface area (TPSA) is 103 Å². The molecule has 0 bridgehead atoms. The molecule has 0 radical (unpaired) electrons. The molecule has 4 rings (SSSR count). The number of likely N-dealkylation sites (tertiary alicyclic amines) is 2. The SMILES string of the molecule is COC(=O)c1nn(C2CCN(CC(=O)OC(C)(C)C)CC2)c2ccc(C=CC3CCN(C(=O)OC(C)(C)C)CC3)cc12. The standard InChI is InChI=1S/C32H46N4O6/c1-31(2,3)41-27(37)21-34-16-14-24(15-17-34)36-26-11-10-23(20-25(26)28(33-36)29(38)40-7)9-8-22-12-18-35(19-13-22)30(39)42-32(4,5)6/h8-11,20,22,24H,12-19,21H2,1-7H3. The van der Waals surface area contributed by atoms with Crippen molar-refractivity contribution in [2.24, 2.45) is 5.92 Å². The van der Waals surface area contributed by atoms with Gasteiger partial charge in [0.05, 0.1) is 25.2 Å². The number of aromatic nitrogens is 2. The van der Waals surface area contributed by atoms with Crippen LogP contribution in [0.3, 0.4) is 0 Å². The zero-order valence-corrected chi connectivity index (χ0v) is 26.1. The number of carbonyl (C=O) groups is 3. The molecule has 42 heavy (non-hydrogen) atoms. The van der Waals surface area contributed by atoms with Crippen LogP contribution in [-0.4, -0.2) is 88.6 Å². The molecule has 2 aliphatic rings. The minimum Gasteiger partial charge on any atom is -0.464 e. The Bertz CT molecular complexity index is 1300. The second kappa shape index (κ2) is 12.9. The van der Waals surface area contributed by atoms with Crippen LogP contribution in [0.15, 0.2) is 24.3 Å². The van der Waals surface area contributed by atoms with Crippen molar-refractivity contribution in [1.82, 2.24) is 19.6 Å². The van der Waals surface area contributed by atoms with E-state index >= 15 is 0 Å². The second-order valence-electron chi connectivity index (χ2n) is 13.3. The molecule has 0 atom stereocenters. The van der Waals surface area contributed by atoms with Crippen molar-refractivity contribution in [2.75, 3.05) is 39.8 Å². The van der Waals surface area contributed by atoms with Crippen LogP contribution in [0.1, 0.15) is 89.3 Å². The van der Waals surface area contributed by atoms with Gasteiger partial charge in [-0.2, -0.15) is 5.10 Å². The lowest BCUT2D eigenvalue weighted by atomic mass is 9.95. The molecule has 1 aromatic carbocycles. The maximum Gasteiger partial charge on any atom is 0.410 e. The van der Waals surface area contributed by atoms with Gasteiger partial charge in [0.15, 0.2) is 5.69 Å². The molecule has 0 spiro atoms. The van der Waals surface area contributed by atoms with Gasteiger partial charge in [-0.3, -0.25) is 14.4 Å². The third-order valence-corrected chi connectivity index (χ3v) is 7.54. The Kier molecular flexibility index (Phi) is 9.65. The molecule has 10 heteroatoms. The molecule has 230 valence electrons. The molecule has 2 fully saturated rings. The van der Waals surface area contributed by atoms with Gasteiger partial charge in [0, 0.05) is 31.6 Å². The molecule has 2 saturated heterocycles. The van der Waals surface area contributed by atoms with Crippen LogP contribution in [0.2, 0.25) is 0 Å². The van der Waals surface area contributed by atoms with E-state index in [1.807, 2.05) is 64.4 Å². The summed E-state index contributed by atoms with van der Waals surface area (Å²) < 4.78 is 18.0. The first-order valence-electron chi connectivity index (χ1n) is 14.9. The molecule has 0 saturated carbocycles. The number of hydrogen-bond acceptors (Lipinski definition) is 8. The fourth-order valence-electron chi connectivity index (χ4n) is 5.51. The van der Waals surface area contributed by atoms with Crippen LogP contribution in [0.5, 0.6) is 0 Å². The lowest BCUT2D eigenvalue weighted by Crippen LogP contribution is -2.41. The third kappa shape index (κ3) is 8.33. The lowest BCUT2D eigenvalue weighted by molar-refractivity contribution is -0.156. The van der Waals surface area contributed by atoms with Crippen LogP contribution >= 0.6 is 0 Å². The molecule has 2 aromatic rings. The monoisotopic (exact) mass is 582 g/mol. The molecular formula is C32H46N4O6. The van der Waals surface area contributed by atoms with E-state index in [-0.39, 0.29) is 24.6 Å². The minimum atomic E-state index is -0.499. The van der Waals surface area contributed by atoms with E-state index < -0.39 is 17.2 Å². The smallest absolute Gasteiger partial charge is 0.410 e. The van der Waals surface area contributed by atoms with Crippen molar-refractivity contribution in [1.29, 1.82) is 0 Å². The van der Waals surface area contributed by atoms with Gasteiger partial charge >= 0.3 is 18.0 Å². The van der Waals surface area contributed by atoms with Crippen LogP contribution in [0, 0.1) is 5.92 Å². The molecular weight excluding hydrogens is 536 g/mol. The molecule has 0 aliphatic carbocycles. The molecule has 2 aliphatic heterocycles. The summed E-state index contributed by atoms with van der Waals surface area (Å²) in [5.74, 6) is -0.322. The van der Waals surface area contributed by atoms with Crippen LogP contribution < -0.4 is 0 Å². The molecule has 1 amide bonds. The van der Waals surface area contributed by atoms with E-state index in [0.29, 0.717) is 24.7 Å². The molecule has 0 unspecified atom stereocenters. The molecule has 3 heterocycles. The highest BCUT2D eigenvalue weighted by molar-refractivity contribution is 6.02. The predicted molar refractivity (Wildman–Crippen MR) is 161 cm³/mol. The van der Waals surface area contributed by atoms with E-state index in [9.17, 15) is 14.4 Å². The highest BCUT2D eigenvalue weighted by Gasteiger charge is 2.29. The number of benzene rings is 1. The highest BCUT2D eigenvalue weighted by Crippen LogP contribution is 2.30. The number of ether oxygens (including phenoxy) is 3. The number of fused-ring (bicyclic) bond motifs is 1. The number of esters is 2. The summed E-state index contributed by atoms with van der Waals surface area (Å²) in [6.45, 7) is 14.3. The molecule has 1 aromatic heterocycles. The van der Waals surface area contributed by atoms with Crippen LogP contribution in [-0.2, 0) is 19.0 Å². The van der Waals surface area contributed by atoms with Gasteiger partial charge in [0.2, 0.25) is 0 Å². The fourth-order valence-corrected chi connectivity index (χ4v) is 5.51. The lowest BCUT2D eigenvalue weighted by Gasteiger charge is -2.32. The van der Waals surface area contributed by atoms with Gasteiger partial charge in [-0.15, -0.1) is 0 Å². The van der Waals surface area contributed by atoms with E-state index in [1.165, 1.54) is 7.11 Å². The Labute approximate surface area is 248 Å². The van der Waals surface area contributed by atoms with Gasteiger partial charge in [0.1, 0.15) is 11.2 Å². The van der Waals surface area contributed by atoms with Crippen molar-refractivity contribution in [3.8, 4) is 0 Å². The van der Waals surface area contributed by atoms with Crippen molar-refractivity contribution >= 4 is 35.0 Å². The Morgan fingerprint density at radius 2 is 1.57 bits per heavy atom. The number of allylic oxidation sites excluding steroid dienone is 1. The minimum absolute atomic E-state index is 0.109. The van der Waals surface area contributed by atoms with Crippen LogP contribution in [0.25, 0.3) is 17.0 Å². The average molecular weight is 583 g/mol. The zero-order chi connectivity index (χ0) is 30.7. The first-order chi connectivity index (χ1) is 19.7. The summed E-state index contributed by atoms with van der Waals surface area (Å²) in [7, 11) is 1.37. The van der Waals surface area contributed by atoms with E-state index in [1.54, 1.807) is 4.90 Å². The van der Waals surface area contributed by atoms with Gasteiger partial charge in [-0.1, -0.05) is 18.2 Å². The molecule has 10 nitrogen and oxygen atoms in total. The highest BCUT2D eigenvalue weighted by atomic mass is 16.6. The van der Waals surface area contributed by atoms with Crippen LogP contribution in [0.4, 0.5) is 4.79 Å². The first kappa shape index (κ1) is 31.5. The van der Waals surface area contributed by atoms with Crippen molar-refractivity contribution in [2.45, 2.75) is 84.5 Å². The Hall–Kier alpha value is -3.40. The zero-order valence-electron chi connectivity index (χ0n) is 26.1. The van der Waals surface area contributed by atoms with Gasteiger partial charge < -0.3 is 19.1 Å². The first-order valence-corrected chi connectivity index (χ1v) is 14.9. The number of rotatable bonds is 6. The fraction of sp³-hybridized carbons (Fsp3) is 0.625. The van der Waals surface area contributed by atoms with E-state index in [4.69, 9.17) is 19.3 Å². The largest absolute Gasteiger partial charge is 0.464 e. The van der Waals surface area contributed by atoms with Crippen molar-refractivity contribution in [3.63, 3.8) is 0 Å². The second-order valence-corrected chi connectivity index (χ2v) is 13.3. The van der Waals surface area contributed by atoms with Crippen molar-refractivity contribution in [3.05, 3.63) is 35.5 Å². The summed E-state index contributed by atoms with van der Waals surface area (Å²) in [5, 5.41) is 5.48. The van der Waals surface area contributed by atoms with Gasteiger partial charge in [-0.05, 0) is 90.8 Å². The number of piperidine rings is 2. The summed E-state index contributed by atoms with van der Waals surface area (Å²) in [5.41, 5.74) is 1.19. The number of hydrogen-bond donors (Lipinski definition) is 0. The summed E-state index contributed by atoms with van der Waals surface area (Å²) in [6, 6.07) is 6.17. The number of methoxy groups -OCH3 is 1. The number of amides is 1. The quantitative estimate of drug-likeness (QED) is 0.327. The van der Waals surface area contributed by atoms with E-state index in [0.717, 1.165) is 55.2 Å². The maximum absolute atomic E-state index is 12.7. The maximum atomic E-state index is 12.7. The third-order valence-electron chi connectivity index (χ3n) is 7.54. The Morgan fingerprint density at radius 1 is 0.929 bits per heavy atom. The normalized spacial score (nSPS) is 18.0. The number of nitrogens with zero attached hydrogens (tertiary/aromatic N) is 4. The van der Waals surface area contributed by atoms with Gasteiger partial charge in [0.25, 0.3) is 0 Å². The predicted octanol–water partition coefficient (Wildman–Crippen LogP) is 5.46. The summed E-state index contributed by atoms with van der Waals surface area (Å²) in [4.78, 5) is 41.2. The van der Waals surface area contributed by atoms with Crippen molar-refractivity contribution < 1.29 is 28.6 Å². The summed E-state index contributed by atoms with van der Waals surface area (Å²) in [6.07, 6.45) is 7.38. The van der Waals surface area contributed by atoms with E-state index in [2.05, 4.69) is 17.1 Å². The van der Waals surface area contributed by atoms with Gasteiger partial charge in [-0.25, -0.2) is 9.59 Å². The summed E-state index contributed by atoms with van der Waals surface area (Å²) >= 11 is 0.